The lowest BCUT2D eigenvalue weighted by Gasteiger charge is -2.16. The molecule has 0 aromatic heterocycles. The zero-order chi connectivity index (χ0) is 12.6. The van der Waals surface area contributed by atoms with Gasteiger partial charge < -0.3 is 0 Å². The third-order valence-corrected chi connectivity index (χ3v) is 2.86. The van der Waals surface area contributed by atoms with Crippen molar-refractivity contribution in [2.75, 3.05) is 4.90 Å². The minimum atomic E-state index is -0.521. The largest absolute Gasteiger partial charge is 0.333 e. The van der Waals surface area contributed by atoms with Crippen molar-refractivity contribution in [1.82, 2.24) is 5.32 Å². The van der Waals surface area contributed by atoms with Crippen LogP contribution in [0.2, 0.25) is 10.0 Å². The van der Waals surface area contributed by atoms with Gasteiger partial charge in [0.1, 0.15) is 5.70 Å². The molecule has 1 aliphatic heterocycles. The first kappa shape index (κ1) is 12.0. The molecule has 1 heterocycles. The minimum absolute atomic E-state index is 0.249. The normalized spacial score (nSPS) is 17.8. The summed E-state index contributed by atoms with van der Waals surface area (Å²) in [6.45, 7) is 1.67. The number of rotatable bonds is 1. The first-order chi connectivity index (χ1) is 8.04. The van der Waals surface area contributed by atoms with E-state index in [4.69, 9.17) is 23.2 Å². The van der Waals surface area contributed by atoms with Crippen LogP contribution >= 0.6 is 23.2 Å². The fourth-order valence-electron chi connectivity index (χ4n) is 1.59. The van der Waals surface area contributed by atoms with Crippen LogP contribution in [-0.2, 0) is 4.79 Å². The molecule has 0 aliphatic carbocycles. The van der Waals surface area contributed by atoms with Gasteiger partial charge in [0.05, 0.1) is 10.7 Å². The van der Waals surface area contributed by atoms with Gasteiger partial charge in [0.25, 0.3) is 5.91 Å². The van der Waals surface area contributed by atoms with Crippen LogP contribution < -0.4 is 10.2 Å². The number of hydrogen-bond donors (Lipinski definition) is 1. The van der Waals surface area contributed by atoms with Crippen molar-refractivity contribution in [3.63, 3.8) is 0 Å². The maximum Gasteiger partial charge on any atom is 0.333 e. The number of anilines is 1. The van der Waals surface area contributed by atoms with Crippen LogP contribution in [0.25, 0.3) is 0 Å². The van der Waals surface area contributed by atoms with Gasteiger partial charge in [0.2, 0.25) is 0 Å². The second-order valence-electron chi connectivity index (χ2n) is 3.36. The Labute approximate surface area is 108 Å². The average Bonchev–Trinajstić information content (AvgIpc) is 2.53. The summed E-state index contributed by atoms with van der Waals surface area (Å²) in [5, 5.41) is 2.97. The Kier molecular flexibility index (Phi) is 3.09. The maximum atomic E-state index is 11.7. The second kappa shape index (κ2) is 4.39. The molecule has 3 amide bonds. The molecular formula is C11H8Cl2N2O2. The molecule has 0 spiro atoms. The molecule has 1 fully saturated rings. The van der Waals surface area contributed by atoms with Crippen LogP contribution in [0.3, 0.4) is 0 Å². The highest BCUT2D eigenvalue weighted by atomic mass is 35.5. The molecular weight excluding hydrogens is 263 g/mol. The molecule has 1 N–H and O–H groups in total. The van der Waals surface area contributed by atoms with Crippen LogP contribution in [0, 0.1) is 0 Å². The molecule has 0 unspecified atom stereocenters. The topological polar surface area (TPSA) is 49.4 Å². The zero-order valence-corrected chi connectivity index (χ0v) is 10.3. The molecule has 0 saturated carbocycles. The van der Waals surface area contributed by atoms with Crippen molar-refractivity contribution in [3.05, 3.63) is 40.0 Å². The quantitative estimate of drug-likeness (QED) is 0.630. The van der Waals surface area contributed by atoms with Gasteiger partial charge in [0.15, 0.2) is 0 Å². The molecule has 1 aromatic carbocycles. The van der Waals surface area contributed by atoms with Gasteiger partial charge >= 0.3 is 6.03 Å². The summed E-state index contributed by atoms with van der Waals surface area (Å²) in [6, 6.07) is 4.19. The van der Waals surface area contributed by atoms with Crippen molar-refractivity contribution < 1.29 is 9.59 Å². The number of urea groups is 1. The fourth-order valence-corrected chi connectivity index (χ4v) is 2.08. The third-order valence-electron chi connectivity index (χ3n) is 2.32. The van der Waals surface area contributed by atoms with Crippen LogP contribution in [-0.4, -0.2) is 11.9 Å². The van der Waals surface area contributed by atoms with Gasteiger partial charge in [-0.3, -0.25) is 15.0 Å². The Bertz CT molecular complexity index is 540. The summed E-state index contributed by atoms with van der Waals surface area (Å²) in [7, 11) is 0. The third kappa shape index (κ3) is 2.01. The van der Waals surface area contributed by atoms with Crippen molar-refractivity contribution in [1.29, 1.82) is 0 Å². The van der Waals surface area contributed by atoms with E-state index in [1.807, 2.05) is 0 Å². The Hall–Kier alpha value is -1.52. The summed E-state index contributed by atoms with van der Waals surface area (Å²) in [4.78, 5) is 24.3. The Morgan fingerprint density at radius 2 is 2.00 bits per heavy atom. The number of carbonyl (C=O) groups excluding carboxylic acids is 2. The molecule has 1 aliphatic rings. The van der Waals surface area contributed by atoms with E-state index in [-0.39, 0.29) is 5.70 Å². The Balaban J connectivity index is 2.52. The summed E-state index contributed by atoms with van der Waals surface area (Å²) < 4.78 is 0. The number of carbonyl (C=O) groups is 2. The Morgan fingerprint density at radius 3 is 2.59 bits per heavy atom. The first-order valence-corrected chi connectivity index (χ1v) is 5.57. The van der Waals surface area contributed by atoms with E-state index in [2.05, 4.69) is 5.32 Å². The van der Waals surface area contributed by atoms with Gasteiger partial charge in [-0.2, -0.15) is 0 Å². The highest BCUT2D eigenvalue weighted by Crippen LogP contribution is 2.32. The van der Waals surface area contributed by atoms with E-state index in [9.17, 15) is 9.59 Å². The molecule has 0 atom stereocenters. The predicted octanol–water partition coefficient (Wildman–Crippen LogP) is 2.95. The molecule has 1 saturated heterocycles. The molecule has 0 bridgehead atoms. The fraction of sp³-hybridized carbons (Fsp3) is 0.0909. The number of allylic oxidation sites excluding steroid dienone is 1. The molecule has 4 nitrogen and oxygen atoms in total. The van der Waals surface area contributed by atoms with Gasteiger partial charge in [-0.25, -0.2) is 4.79 Å². The SMILES string of the molecule is C/C=C1/C(=O)NC(=O)N1c1ccc(Cl)cc1Cl. The maximum absolute atomic E-state index is 11.7. The van der Waals surface area contributed by atoms with Crippen molar-refractivity contribution in [2.24, 2.45) is 0 Å². The lowest BCUT2D eigenvalue weighted by Crippen LogP contribution is -2.27. The molecule has 2 rings (SSSR count). The smallest absolute Gasteiger partial charge is 0.272 e. The van der Waals surface area contributed by atoms with E-state index in [1.165, 1.54) is 11.0 Å². The summed E-state index contributed by atoms with van der Waals surface area (Å²) in [5.41, 5.74) is 0.673. The van der Waals surface area contributed by atoms with E-state index < -0.39 is 11.9 Å². The second-order valence-corrected chi connectivity index (χ2v) is 4.21. The van der Waals surface area contributed by atoms with Crippen LogP contribution in [0.1, 0.15) is 6.92 Å². The minimum Gasteiger partial charge on any atom is -0.272 e. The van der Waals surface area contributed by atoms with Crippen LogP contribution in [0.5, 0.6) is 0 Å². The number of nitrogens with zero attached hydrogens (tertiary/aromatic N) is 1. The summed E-state index contributed by atoms with van der Waals surface area (Å²) in [6.07, 6.45) is 1.55. The number of hydrogen-bond acceptors (Lipinski definition) is 2. The Morgan fingerprint density at radius 1 is 1.29 bits per heavy atom. The van der Waals surface area contributed by atoms with E-state index in [1.54, 1.807) is 25.1 Å². The van der Waals surface area contributed by atoms with Gasteiger partial charge in [-0.05, 0) is 25.1 Å². The molecule has 0 radical (unpaired) electrons. The number of benzene rings is 1. The van der Waals surface area contributed by atoms with Crippen LogP contribution in [0.15, 0.2) is 30.0 Å². The lowest BCUT2D eigenvalue weighted by atomic mass is 10.2. The van der Waals surface area contributed by atoms with Crippen molar-refractivity contribution in [2.45, 2.75) is 6.92 Å². The molecule has 6 heteroatoms. The van der Waals surface area contributed by atoms with Crippen LogP contribution in [0.4, 0.5) is 10.5 Å². The van der Waals surface area contributed by atoms with Crippen molar-refractivity contribution in [3.8, 4) is 0 Å². The van der Waals surface area contributed by atoms with Gasteiger partial charge in [-0.1, -0.05) is 29.3 Å². The number of halogens is 2. The molecule has 88 valence electrons. The standard InChI is InChI=1S/C11H8Cl2N2O2/c1-2-8-10(16)14-11(17)15(8)9-4-3-6(12)5-7(9)13/h2-5H,1H3,(H,14,16,17)/b8-2-. The van der Waals surface area contributed by atoms with Crippen molar-refractivity contribution >= 4 is 40.8 Å². The van der Waals surface area contributed by atoms with Gasteiger partial charge in [-0.15, -0.1) is 0 Å². The molecule has 17 heavy (non-hydrogen) atoms. The summed E-state index contributed by atoms with van der Waals surface area (Å²) >= 11 is 11.8. The molecule has 1 aromatic rings. The number of nitrogens with one attached hydrogen (secondary N) is 1. The lowest BCUT2D eigenvalue weighted by molar-refractivity contribution is -0.115. The number of amides is 3. The van der Waals surface area contributed by atoms with Gasteiger partial charge in [0, 0.05) is 5.02 Å². The van der Waals surface area contributed by atoms with E-state index in [0.29, 0.717) is 15.7 Å². The average molecular weight is 271 g/mol. The zero-order valence-electron chi connectivity index (χ0n) is 8.83. The van der Waals surface area contributed by atoms with E-state index >= 15 is 0 Å². The summed E-state index contributed by atoms with van der Waals surface area (Å²) in [5.74, 6) is -0.441. The highest BCUT2D eigenvalue weighted by Gasteiger charge is 2.34. The predicted molar refractivity (Wildman–Crippen MR) is 66.2 cm³/mol. The number of imide groups is 1. The first-order valence-electron chi connectivity index (χ1n) is 4.81. The highest BCUT2D eigenvalue weighted by molar-refractivity contribution is 6.37. The monoisotopic (exact) mass is 270 g/mol. The van der Waals surface area contributed by atoms with E-state index in [0.717, 1.165) is 0 Å².